The number of rotatable bonds is 11. The number of nitrogens with zero attached hydrogens (tertiary/aromatic N) is 2. The zero-order valence-electron chi connectivity index (χ0n) is 26.5. The van der Waals surface area contributed by atoms with Gasteiger partial charge < -0.3 is 20.1 Å². The second kappa shape index (κ2) is 21.0. The molecule has 9 heteroatoms. The maximum Gasteiger partial charge on any atom is 0.240 e. The van der Waals surface area contributed by atoms with Gasteiger partial charge in [0.25, 0.3) is 0 Å². The van der Waals surface area contributed by atoms with Crippen LogP contribution in [0.2, 0.25) is 0 Å². The molecule has 232 valence electrons. The average Bonchev–Trinajstić information content (AvgIpc) is 3.17. The Morgan fingerprint density at radius 3 is 2.33 bits per heavy atom. The quantitative estimate of drug-likeness (QED) is 0.109. The summed E-state index contributed by atoms with van der Waals surface area (Å²) in [5, 5.41) is 20.9. The minimum Gasteiger partial charge on any atom is -0.395 e. The molecule has 0 saturated heterocycles. The number of hydroxylamine groups is 1. The third-order valence-corrected chi connectivity index (χ3v) is 6.58. The van der Waals surface area contributed by atoms with E-state index < -0.39 is 5.91 Å². The minimum atomic E-state index is -0.440. The van der Waals surface area contributed by atoms with Gasteiger partial charge >= 0.3 is 0 Å². The number of benzene rings is 1. The van der Waals surface area contributed by atoms with Crippen molar-refractivity contribution in [3.8, 4) is 0 Å². The molecule has 2 amide bonds. The Morgan fingerprint density at radius 2 is 1.81 bits per heavy atom. The molecule has 1 atom stereocenters. The average molecular weight is 583 g/mol. The van der Waals surface area contributed by atoms with Crippen molar-refractivity contribution < 1.29 is 24.7 Å². The Bertz CT molecular complexity index is 1150. The molecule has 0 spiro atoms. The first-order valence-corrected chi connectivity index (χ1v) is 14.3. The summed E-state index contributed by atoms with van der Waals surface area (Å²) in [4.78, 5) is 37.9. The van der Waals surface area contributed by atoms with Gasteiger partial charge in [-0.05, 0) is 64.7 Å². The fraction of sp³-hybridized carbons (Fsp3) is 0.455. The predicted octanol–water partition coefficient (Wildman–Crippen LogP) is 6.06. The fourth-order valence-electron chi connectivity index (χ4n) is 4.00. The molecule has 1 aliphatic rings. The van der Waals surface area contributed by atoms with Crippen molar-refractivity contribution in [2.45, 2.75) is 80.2 Å². The molecule has 0 heterocycles. The highest BCUT2D eigenvalue weighted by molar-refractivity contribution is 5.99. The predicted molar refractivity (Wildman–Crippen MR) is 173 cm³/mol. The second-order valence-electron chi connectivity index (χ2n) is 10.1. The van der Waals surface area contributed by atoms with E-state index in [-0.39, 0.29) is 31.0 Å². The van der Waals surface area contributed by atoms with Crippen molar-refractivity contribution in [2.24, 2.45) is 10.9 Å². The zero-order valence-corrected chi connectivity index (χ0v) is 26.5. The van der Waals surface area contributed by atoms with Gasteiger partial charge in [-0.15, -0.1) is 0 Å². The van der Waals surface area contributed by atoms with E-state index >= 15 is 0 Å². The molecular weight excluding hydrogens is 532 g/mol. The smallest absolute Gasteiger partial charge is 0.240 e. The number of anilines is 1. The highest BCUT2D eigenvalue weighted by atomic mass is 16.5. The number of aliphatic imine (C=N–C) groups is 1. The van der Waals surface area contributed by atoms with Crippen molar-refractivity contribution in [2.75, 3.05) is 18.1 Å². The van der Waals surface area contributed by atoms with Crippen LogP contribution in [-0.2, 0) is 14.4 Å². The Morgan fingerprint density at radius 1 is 1.17 bits per heavy atom. The van der Waals surface area contributed by atoms with Crippen molar-refractivity contribution in [3.05, 3.63) is 65.4 Å². The normalized spacial score (nSPS) is 13.5. The SMILES string of the molecule is CC(=O)NO.CC=Nc1c(/C=C\C)cccc1N(CCO)C(=O)CC1=CCC=C(NC(C)(C)C(C)CC)C=C1.CC=O. The van der Waals surface area contributed by atoms with Crippen LogP contribution in [-0.4, -0.2) is 53.3 Å². The lowest BCUT2D eigenvalue weighted by Crippen LogP contribution is -2.43. The largest absolute Gasteiger partial charge is 0.395 e. The summed E-state index contributed by atoms with van der Waals surface area (Å²) in [5.41, 5.74) is 5.79. The molecule has 1 aromatic carbocycles. The number of aliphatic hydroxyl groups is 1. The first-order chi connectivity index (χ1) is 20.0. The van der Waals surface area contributed by atoms with E-state index in [4.69, 9.17) is 10.0 Å². The van der Waals surface area contributed by atoms with Crippen LogP contribution in [0.5, 0.6) is 0 Å². The van der Waals surface area contributed by atoms with Gasteiger partial charge in [0.15, 0.2) is 0 Å². The second-order valence-corrected chi connectivity index (χ2v) is 10.1. The van der Waals surface area contributed by atoms with Gasteiger partial charge in [0.05, 0.1) is 24.4 Å². The summed E-state index contributed by atoms with van der Waals surface area (Å²) < 4.78 is 0. The Balaban J connectivity index is 0.00000186. The van der Waals surface area contributed by atoms with Crippen LogP contribution in [0.15, 0.2) is 64.8 Å². The molecule has 0 fully saturated rings. The number of aliphatic hydroxyl groups excluding tert-OH is 1. The highest BCUT2D eigenvalue weighted by Gasteiger charge is 2.25. The summed E-state index contributed by atoms with van der Waals surface area (Å²) in [7, 11) is 0. The summed E-state index contributed by atoms with van der Waals surface area (Å²) in [6.45, 7) is 15.5. The number of para-hydroxylation sites is 1. The van der Waals surface area contributed by atoms with Gasteiger partial charge in [-0.3, -0.25) is 19.8 Å². The van der Waals surface area contributed by atoms with Crippen LogP contribution in [0.3, 0.4) is 0 Å². The van der Waals surface area contributed by atoms with E-state index in [2.05, 4.69) is 56.2 Å². The monoisotopic (exact) mass is 582 g/mol. The molecule has 0 bridgehead atoms. The number of aldehydes is 1. The fourth-order valence-corrected chi connectivity index (χ4v) is 4.00. The van der Waals surface area contributed by atoms with Gasteiger partial charge in [-0.25, -0.2) is 5.48 Å². The van der Waals surface area contributed by atoms with Gasteiger partial charge in [0.2, 0.25) is 11.8 Å². The van der Waals surface area contributed by atoms with Gasteiger partial charge in [0.1, 0.15) is 6.29 Å². The first-order valence-electron chi connectivity index (χ1n) is 14.3. The van der Waals surface area contributed by atoms with Crippen LogP contribution in [0.1, 0.15) is 80.2 Å². The molecule has 42 heavy (non-hydrogen) atoms. The third-order valence-electron chi connectivity index (χ3n) is 6.58. The van der Waals surface area contributed by atoms with E-state index in [1.54, 1.807) is 11.1 Å². The van der Waals surface area contributed by atoms with Crippen molar-refractivity contribution in [1.82, 2.24) is 10.8 Å². The Kier molecular flexibility index (Phi) is 19.1. The van der Waals surface area contributed by atoms with Gasteiger partial charge in [0, 0.05) is 36.5 Å². The molecule has 1 aliphatic carbocycles. The first kappa shape index (κ1) is 38.2. The highest BCUT2D eigenvalue weighted by Crippen LogP contribution is 2.34. The Hall–Kier alpha value is -3.82. The third kappa shape index (κ3) is 13.7. The molecule has 4 N–H and O–H groups in total. The molecule has 0 aliphatic heterocycles. The molecule has 0 radical (unpaired) electrons. The summed E-state index contributed by atoms with van der Waals surface area (Å²) >= 11 is 0. The van der Waals surface area contributed by atoms with Crippen LogP contribution in [0.25, 0.3) is 6.08 Å². The molecule has 1 unspecified atom stereocenters. The minimum absolute atomic E-state index is 0.0165. The van der Waals surface area contributed by atoms with Crippen molar-refractivity contribution >= 4 is 41.8 Å². The lowest BCUT2D eigenvalue weighted by molar-refractivity contribution is -0.126. The molecule has 0 saturated carbocycles. The number of amides is 2. The molecular formula is C33H50N4O5. The van der Waals surface area contributed by atoms with E-state index in [1.165, 1.54) is 19.3 Å². The maximum atomic E-state index is 13.4. The lowest BCUT2D eigenvalue weighted by Gasteiger charge is -2.34. The Labute approximate surface area is 251 Å². The number of allylic oxidation sites excluding steroid dienone is 5. The number of nitrogens with one attached hydrogen (secondary N) is 2. The number of carbonyl (C=O) groups is 3. The van der Waals surface area contributed by atoms with Crippen LogP contribution in [0, 0.1) is 5.92 Å². The molecule has 1 aromatic rings. The van der Waals surface area contributed by atoms with Gasteiger partial charge in [-0.2, -0.15) is 0 Å². The van der Waals surface area contributed by atoms with Crippen molar-refractivity contribution in [3.63, 3.8) is 0 Å². The summed E-state index contributed by atoms with van der Waals surface area (Å²) in [6.07, 6.45) is 16.9. The zero-order chi connectivity index (χ0) is 32.1. The summed E-state index contributed by atoms with van der Waals surface area (Å²) in [5.74, 6) is 0.0286. The van der Waals surface area contributed by atoms with Crippen LogP contribution in [0.4, 0.5) is 11.4 Å². The molecule has 2 rings (SSSR count). The van der Waals surface area contributed by atoms with Crippen LogP contribution < -0.4 is 15.7 Å². The molecule has 0 aromatic heterocycles. The standard InChI is InChI=1S/C29H41N3O2.C2H5NO2.C2H4O/c1-7-12-24-14-11-16-26(28(24)30-9-3)32(19-20-33)27(34)21-23-13-10-15-25(18-17-23)31-29(5,6)22(4)8-2;1-2(4)3-5;1-2-3/h7,9,11-18,22,31,33H,8,10,19-21H2,1-6H3;5H,1H3,(H,3,4);2H,1H3/b12-7-,30-9?;;. The number of hydrogen-bond acceptors (Lipinski definition) is 7. The van der Waals surface area contributed by atoms with E-state index in [9.17, 15) is 14.7 Å². The van der Waals surface area contributed by atoms with Gasteiger partial charge in [-0.1, -0.05) is 62.8 Å². The number of hydrogen-bond donors (Lipinski definition) is 4. The maximum absolute atomic E-state index is 13.4. The topological polar surface area (TPSA) is 131 Å². The lowest BCUT2D eigenvalue weighted by atomic mass is 9.86. The van der Waals surface area contributed by atoms with E-state index in [0.29, 0.717) is 11.6 Å². The number of carbonyl (C=O) groups excluding carboxylic acids is 3. The van der Waals surface area contributed by atoms with E-state index in [0.717, 1.165) is 41.6 Å². The molecule has 9 nitrogen and oxygen atoms in total. The summed E-state index contributed by atoms with van der Waals surface area (Å²) in [6, 6.07) is 5.79. The van der Waals surface area contributed by atoms with Crippen molar-refractivity contribution in [1.29, 1.82) is 0 Å². The van der Waals surface area contributed by atoms with Crippen LogP contribution >= 0.6 is 0 Å². The van der Waals surface area contributed by atoms with E-state index in [1.807, 2.05) is 50.3 Å².